The maximum atomic E-state index is 9.06. The lowest BCUT2D eigenvalue weighted by Gasteiger charge is -2.15. The molecule has 0 fully saturated rings. The lowest BCUT2D eigenvalue weighted by Crippen LogP contribution is -2.08. The van der Waals surface area contributed by atoms with Crippen molar-refractivity contribution in [2.24, 2.45) is 0 Å². The predicted molar refractivity (Wildman–Crippen MR) is 85.7 cm³/mol. The number of hydrogen-bond donors (Lipinski definition) is 2. The van der Waals surface area contributed by atoms with Crippen LogP contribution in [0.3, 0.4) is 0 Å². The van der Waals surface area contributed by atoms with Gasteiger partial charge in [0, 0.05) is 28.1 Å². The SMILES string of the molecule is COc1nc(NCCO)c2ccc3ncnc4ccc1c2c34. The molecule has 2 aromatic carbocycles. The number of aromatic nitrogens is 3. The highest BCUT2D eigenvalue weighted by atomic mass is 16.5. The first-order valence-electron chi connectivity index (χ1n) is 7.01. The van der Waals surface area contributed by atoms with Gasteiger partial charge in [0.1, 0.15) is 12.1 Å². The third kappa shape index (κ3) is 1.74. The fourth-order valence-electron chi connectivity index (χ4n) is 2.89. The Kier molecular flexibility index (Phi) is 2.90. The van der Waals surface area contributed by atoms with Gasteiger partial charge in [0.2, 0.25) is 5.88 Å². The van der Waals surface area contributed by atoms with Crippen LogP contribution in [0.1, 0.15) is 0 Å². The molecule has 0 saturated carbocycles. The Balaban J connectivity index is 2.18. The molecule has 2 N–H and O–H groups in total. The van der Waals surface area contributed by atoms with Crippen LogP contribution in [-0.2, 0) is 0 Å². The minimum absolute atomic E-state index is 0.0368. The van der Waals surface area contributed by atoms with E-state index in [1.165, 1.54) is 0 Å². The van der Waals surface area contributed by atoms with Crippen LogP contribution in [-0.4, -0.2) is 40.3 Å². The van der Waals surface area contributed by atoms with E-state index in [9.17, 15) is 0 Å². The van der Waals surface area contributed by atoms with Gasteiger partial charge in [-0.3, -0.25) is 0 Å². The fourth-order valence-corrected chi connectivity index (χ4v) is 2.89. The molecule has 0 aliphatic carbocycles. The molecule has 0 unspecified atom stereocenters. The van der Waals surface area contributed by atoms with E-state index in [0.29, 0.717) is 18.2 Å². The normalized spacial score (nSPS) is 11.5. The summed E-state index contributed by atoms with van der Waals surface area (Å²) in [4.78, 5) is 13.2. The van der Waals surface area contributed by atoms with E-state index in [0.717, 1.165) is 32.6 Å². The Hall–Kier alpha value is -2.73. The Labute approximate surface area is 126 Å². The fraction of sp³-hybridized carbons (Fsp3) is 0.188. The molecule has 2 heterocycles. The zero-order valence-corrected chi connectivity index (χ0v) is 12.0. The van der Waals surface area contributed by atoms with Gasteiger partial charge in [-0.1, -0.05) is 0 Å². The maximum Gasteiger partial charge on any atom is 0.223 e. The molecule has 2 aromatic heterocycles. The summed E-state index contributed by atoms with van der Waals surface area (Å²) in [6.45, 7) is 0.464. The first-order valence-corrected chi connectivity index (χ1v) is 7.01. The molecule has 0 aliphatic rings. The van der Waals surface area contributed by atoms with Crippen LogP contribution in [0.5, 0.6) is 5.88 Å². The lowest BCUT2D eigenvalue weighted by molar-refractivity contribution is 0.311. The number of ether oxygens (including phenoxy) is 1. The number of aliphatic hydroxyl groups is 1. The molecule has 0 saturated heterocycles. The van der Waals surface area contributed by atoms with Gasteiger partial charge in [0.25, 0.3) is 0 Å². The molecular formula is C16H14N4O2. The molecule has 4 rings (SSSR count). The third-order valence-electron chi connectivity index (χ3n) is 3.81. The molecule has 4 aromatic rings. The highest BCUT2D eigenvalue weighted by Gasteiger charge is 2.16. The van der Waals surface area contributed by atoms with Gasteiger partial charge in [-0.2, -0.15) is 4.98 Å². The molecule has 22 heavy (non-hydrogen) atoms. The highest BCUT2D eigenvalue weighted by Crippen LogP contribution is 2.39. The average molecular weight is 294 g/mol. The molecule has 6 nitrogen and oxygen atoms in total. The van der Waals surface area contributed by atoms with E-state index in [2.05, 4.69) is 20.3 Å². The van der Waals surface area contributed by atoms with Gasteiger partial charge < -0.3 is 15.2 Å². The number of benzene rings is 2. The largest absolute Gasteiger partial charge is 0.480 e. The highest BCUT2D eigenvalue weighted by molar-refractivity contribution is 6.24. The molecular weight excluding hydrogens is 280 g/mol. The van der Waals surface area contributed by atoms with Crippen molar-refractivity contribution in [1.82, 2.24) is 15.0 Å². The summed E-state index contributed by atoms with van der Waals surface area (Å²) in [5.41, 5.74) is 1.79. The zero-order chi connectivity index (χ0) is 15.1. The number of hydrogen-bond acceptors (Lipinski definition) is 6. The number of rotatable bonds is 4. The van der Waals surface area contributed by atoms with Gasteiger partial charge in [0.05, 0.1) is 24.8 Å². The quantitative estimate of drug-likeness (QED) is 0.562. The minimum Gasteiger partial charge on any atom is -0.480 e. The Morgan fingerprint density at radius 2 is 1.77 bits per heavy atom. The molecule has 110 valence electrons. The van der Waals surface area contributed by atoms with Crippen molar-refractivity contribution in [3.63, 3.8) is 0 Å². The first-order chi connectivity index (χ1) is 10.8. The van der Waals surface area contributed by atoms with Crippen molar-refractivity contribution in [1.29, 1.82) is 0 Å². The second kappa shape index (κ2) is 4.92. The van der Waals surface area contributed by atoms with Gasteiger partial charge in [-0.15, -0.1) is 0 Å². The van der Waals surface area contributed by atoms with Gasteiger partial charge in [-0.05, 0) is 24.3 Å². The smallest absolute Gasteiger partial charge is 0.223 e. The summed E-state index contributed by atoms with van der Waals surface area (Å²) >= 11 is 0. The van der Waals surface area contributed by atoms with Crippen molar-refractivity contribution in [3.8, 4) is 5.88 Å². The molecule has 0 radical (unpaired) electrons. The van der Waals surface area contributed by atoms with Crippen LogP contribution in [0, 0.1) is 0 Å². The van der Waals surface area contributed by atoms with Gasteiger partial charge >= 0.3 is 0 Å². The van der Waals surface area contributed by atoms with Crippen molar-refractivity contribution >= 4 is 38.4 Å². The van der Waals surface area contributed by atoms with E-state index < -0.39 is 0 Å². The molecule has 0 aliphatic heterocycles. The van der Waals surface area contributed by atoms with E-state index in [-0.39, 0.29) is 6.61 Å². The molecule has 0 bridgehead atoms. The number of methoxy groups -OCH3 is 1. The molecule has 0 amide bonds. The summed E-state index contributed by atoms with van der Waals surface area (Å²) in [7, 11) is 1.60. The number of aliphatic hydroxyl groups excluding tert-OH is 1. The second-order valence-electron chi connectivity index (χ2n) is 5.01. The van der Waals surface area contributed by atoms with Crippen LogP contribution < -0.4 is 10.1 Å². The summed E-state index contributed by atoms with van der Waals surface area (Å²) in [6.07, 6.45) is 1.57. The van der Waals surface area contributed by atoms with E-state index >= 15 is 0 Å². The zero-order valence-electron chi connectivity index (χ0n) is 12.0. The number of pyridine rings is 1. The van der Waals surface area contributed by atoms with Crippen molar-refractivity contribution in [3.05, 3.63) is 30.6 Å². The van der Waals surface area contributed by atoms with Crippen molar-refractivity contribution < 1.29 is 9.84 Å². The maximum absolute atomic E-state index is 9.06. The van der Waals surface area contributed by atoms with Gasteiger partial charge in [0.15, 0.2) is 0 Å². The van der Waals surface area contributed by atoms with Crippen molar-refractivity contribution in [2.75, 3.05) is 25.6 Å². The predicted octanol–water partition coefficient (Wildman–Crippen LogP) is 2.18. The third-order valence-corrected chi connectivity index (χ3v) is 3.81. The van der Waals surface area contributed by atoms with E-state index in [4.69, 9.17) is 9.84 Å². The van der Waals surface area contributed by atoms with Crippen LogP contribution in [0.4, 0.5) is 5.82 Å². The average Bonchev–Trinajstić information content (AvgIpc) is 2.58. The monoisotopic (exact) mass is 294 g/mol. The Bertz CT molecular complexity index is 955. The van der Waals surface area contributed by atoms with Crippen LogP contribution in [0.25, 0.3) is 32.6 Å². The Morgan fingerprint density at radius 3 is 2.45 bits per heavy atom. The topological polar surface area (TPSA) is 80.2 Å². The Morgan fingerprint density at radius 1 is 1.05 bits per heavy atom. The summed E-state index contributed by atoms with van der Waals surface area (Å²) in [5, 5.41) is 16.1. The van der Waals surface area contributed by atoms with Crippen LogP contribution in [0.15, 0.2) is 30.6 Å². The standard InChI is InChI=1S/C16H14N4O2/c1-22-16-10-3-5-12-14-11(18-8-19-12)4-2-9(13(10)14)15(20-16)17-6-7-21/h2-5,8,21H,6-7H2,1H3,(H,17,20). The summed E-state index contributed by atoms with van der Waals surface area (Å²) in [6, 6.07) is 7.88. The molecule has 6 heteroatoms. The number of anilines is 1. The second-order valence-corrected chi connectivity index (χ2v) is 5.01. The first kappa shape index (κ1) is 13.0. The van der Waals surface area contributed by atoms with E-state index in [1.807, 2.05) is 24.3 Å². The number of nitrogens with one attached hydrogen (secondary N) is 1. The summed E-state index contributed by atoms with van der Waals surface area (Å²) in [5.74, 6) is 1.24. The van der Waals surface area contributed by atoms with E-state index in [1.54, 1.807) is 13.4 Å². The minimum atomic E-state index is 0.0368. The van der Waals surface area contributed by atoms with Crippen LogP contribution in [0.2, 0.25) is 0 Å². The van der Waals surface area contributed by atoms with Crippen molar-refractivity contribution in [2.45, 2.75) is 0 Å². The van der Waals surface area contributed by atoms with Gasteiger partial charge in [-0.25, -0.2) is 9.97 Å². The molecule has 0 atom stereocenters. The lowest BCUT2D eigenvalue weighted by atomic mass is 10.00. The number of nitrogens with zero attached hydrogens (tertiary/aromatic N) is 3. The van der Waals surface area contributed by atoms with Crippen LogP contribution >= 0.6 is 0 Å². The summed E-state index contributed by atoms with van der Waals surface area (Å²) < 4.78 is 5.44. The molecule has 0 spiro atoms.